The van der Waals surface area contributed by atoms with Gasteiger partial charge < -0.3 is 55.6 Å². The molecular weight excluding hydrogens is 1540 g/mol. The number of nitrogens with zero attached hydrogens (tertiary/aromatic N) is 24. The summed E-state index contributed by atoms with van der Waals surface area (Å²) in [5, 5.41) is 24.3. The number of nitrogens with two attached hydrogens (primary N) is 1. The van der Waals surface area contributed by atoms with E-state index in [-0.39, 0.29) is 41.3 Å². The highest BCUT2D eigenvalue weighted by Gasteiger charge is 2.37. The lowest BCUT2D eigenvalue weighted by Crippen LogP contribution is -2.31. The van der Waals surface area contributed by atoms with E-state index in [1.54, 1.807) is 28.2 Å². The van der Waals surface area contributed by atoms with E-state index in [2.05, 4.69) is 153 Å². The van der Waals surface area contributed by atoms with Crippen LogP contribution in [-0.2, 0) is 14.2 Å². The van der Waals surface area contributed by atoms with Crippen LogP contribution in [0.2, 0.25) is 26.0 Å². The molecular formula is C76H106Cl5N29O3. The number of aromatic amines is 1. The summed E-state index contributed by atoms with van der Waals surface area (Å²) in [6, 6.07) is 2.34. The maximum Gasteiger partial charge on any atom is 0.231 e. The third-order valence-corrected chi connectivity index (χ3v) is 23.6. The first kappa shape index (κ1) is 81.3. The predicted molar refractivity (Wildman–Crippen MR) is 446 cm³/mol. The second kappa shape index (κ2) is 35.5. The van der Waals surface area contributed by atoms with Gasteiger partial charge >= 0.3 is 0 Å². The molecule has 3 aliphatic heterocycles. The van der Waals surface area contributed by atoms with Crippen molar-refractivity contribution in [2.45, 2.75) is 239 Å². The molecule has 7 fully saturated rings. The van der Waals surface area contributed by atoms with Crippen molar-refractivity contribution >= 4 is 155 Å². The van der Waals surface area contributed by atoms with Gasteiger partial charge in [-0.05, 0) is 225 Å². The fraction of sp³-hybridized carbons (Fsp3) is 0.618. The second-order valence-electron chi connectivity index (χ2n) is 31.8. The van der Waals surface area contributed by atoms with E-state index >= 15 is 0 Å². The van der Waals surface area contributed by atoms with Crippen molar-refractivity contribution in [1.82, 2.24) is 108 Å². The van der Waals surface area contributed by atoms with E-state index in [4.69, 9.17) is 97.9 Å². The van der Waals surface area contributed by atoms with Gasteiger partial charge in [0.05, 0.1) is 54.8 Å². The molecule has 4 saturated carbocycles. The number of imidazole rings is 4. The minimum atomic E-state index is -0.0530. The third kappa shape index (κ3) is 19.2. The number of ether oxygens (including phenoxy) is 3. The van der Waals surface area contributed by atoms with Crippen LogP contribution < -0.4 is 36.4 Å². The third-order valence-electron chi connectivity index (χ3n) is 22.4. The van der Waals surface area contributed by atoms with Crippen molar-refractivity contribution in [3.05, 3.63) is 69.9 Å². The van der Waals surface area contributed by atoms with Gasteiger partial charge in [0, 0.05) is 89.5 Å². The molecule has 0 bridgehead atoms. The number of rotatable bonds is 22. The number of nitrogens with one attached hydrogen (secondary N) is 4. The van der Waals surface area contributed by atoms with Gasteiger partial charge in [0.1, 0.15) is 24.2 Å². The summed E-state index contributed by atoms with van der Waals surface area (Å²) in [6.45, 7) is 23.5. The molecule has 4 aliphatic carbocycles. The molecule has 0 spiro atoms. The van der Waals surface area contributed by atoms with Gasteiger partial charge in [-0.2, -0.15) is 55.2 Å². The molecule has 32 nitrogen and oxygen atoms in total. The van der Waals surface area contributed by atoms with E-state index in [1.807, 2.05) is 71.1 Å². The second-order valence-corrected chi connectivity index (χ2v) is 33.5. The van der Waals surface area contributed by atoms with E-state index in [0.717, 1.165) is 158 Å². The van der Waals surface area contributed by atoms with Gasteiger partial charge in [0.15, 0.2) is 77.9 Å². The molecule has 7 unspecified atom stereocenters. The highest BCUT2D eigenvalue weighted by Crippen LogP contribution is 2.43. The minimum absolute atomic E-state index is 0.00118. The fourth-order valence-electron chi connectivity index (χ4n) is 14.4. The highest BCUT2D eigenvalue weighted by molar-refractivity contribution is 6.32. The lowest BCUT2D eigenvalue weighted by atomic mass is 10.2. The topological polar surface area (TPSA) is 338 Å². The van der Waals surface area contributed by atoms with Crippen molar-refractivity contribution in [2.75, 3.05) is 77.3 Å². The van der Waals surface area contributed by atoms with Crippen LogP contribution in [0.1, 0.15) is 215 Å². The van der Waals surface area contributed by atoms with Crippen molar-refractivity contribution in [1.29, 1.82) is 0 Å². The standard InChI is InChI=1S/C22H31ClN8O.C17H23ClN8.C16H22ClN5O.C15H20ClN5O.C6H10ClN3/c1-13(2)31-11-16(19(23)28-31)25-22-26-20(29(4)14(3)15-8-9-15)18-21(27-22)30(12-24-18)17-7-5-6-10-32-17;1-9(2)26-7-12(14(18)24-26)21-17-22-15-13(19-8-20-15)16(23-17)25(4)10(3)11-5-6-11;1-10(11-6-7-11)21(2)14-13-15(20-16(17)19-14)22(9-18-13)12-5-3-4-8-23-12;1-9(10-5-6-10)18-13-12-14(20-15(16)19-13)21(8-17-12)11-4-2-3-7-22-11;1-4(2)10-3-5(8)6(7)9-10/h11-15,17H,5-10H2,1-4H3,(H,25,26,27);7-11H,5-6H2,1-4H3,(H2,19,20,21,22,23);9-12H,3-8H2,1-2H3;8-11H,2-7H2,1H3,(H,18,19,20);3-4H,8H2,1-2H3. The Balaban J connectivity index is 0.000000121. The van der Waals surface area contributed by atoms with Crippen molar-refractivity contribution in [3.63, 3.8) is 0 Å². The van der Waals surface area contributed by atoms with Crippen LogP contribution in [0.25, 0.3) is 44.7 Å². The van der Waals surface area contributed by atoms with Crippen molar-refractivity contribution in [2.24, 2.45) is 23.7 Å². The molecule has 7 atom stereocenters. The number of fused-ring (bicyclic) bond motifs is 4. The molecule has 11 aromatic rings. The van der Waals surface area contributed by atoms with E-state index in [1.165, 1.54) is 51.4 Å². The lowest BCUT2D eigenvalue weighted by molar-refractivity contribution is -0.0299. The molecule has 0 radical (unpaired) electrons. The van der Waals surface area contributed by atoms with Crippen LogP contribution in [0.5, 0.6) is 0 Å². The zero-order valence-electron chi connectivity index (χ0n) is 66.7. The van der Waals surface area contributed by atoms with E-state index in [0.29, 0.717) is 86.2 Å². The number of hydrogen-bond acceptors (Lipinski definition) is 25. The molecule has 18 rings (SSSR count). The fourth-order valence-corrected chi connectivity index (χ4v) is 15.3. The van der Waals surface area contributed by atoms with Crippen molar-refractivity contribution in [3.8, 4) is 0 Å². The molecule has 14 heterocycles. The van der Waals surface area contributed by atoms with Gasteiger partial charge in [-0.15, -0.1) is 0 Å². The Morgan fingerprint density at radius 2 is 0.841 bits per heavy atom. The Labute approximate surface area is 683 Å². The summed E-state index contributed by atoms with van der Waals surface area (Å²) >= 11 is 30.6. The number of H-pyrrole nitrogens is 1. The maximum atomic E-state index is 6.39. The van der Waals surface area contributed by atoms with Crippen LogP contribution in [-0.4, -0.2) is 173 Å². The molecule has 6 N–H and O–H groups in total. The van der Waals surface area contributed by atoms with Crippen LogP contribution in [0.4, 0.5) is 52.2 Å². The van der Waals surface area contributed by atoms with E-state index < -0.39 is 0 Å². The Morgan fingerprint density at radius 3 is 1.26 bits per heavy atom. The monoisotopic (exact) mass is 1650 g/mol. The molecule has 113 heavy (non-hydrogen) atoms. The first-order valence-corrected chi connectivity index (χ1v) is 41.8. The summed E-state index contributed by atoms with van der Waals surface area (Å²) in [6.07, 6.45) is 32.4. The zero-order valence-corrected chi connectivity index (χ0v) is 70.5. The summed E-state index contributed by atoms with van der Waals surface area (Å²) in [5.74, 6) is 7.02. The first-order valence-electron chi connectivity index (χ1n) is 39.9. The normalized spacial score (nSPS) is 19.6. The zero-order chi connectivity index (χ0) is 79.6. The van der Waals surface area contributed by atoms with E-state index in [9.17, 15) is 0 Å². The van der Waals surface area contributed by atoms with Crippen LogP contribution in [0.15, 0.2) is 43.9 Å². The molecule has 608 valence electrons. The smallest absolute Gasteiger partial charge is 0.231 e. The van der Waals surface area contributed by atoms with Gasteiger partial charge in [-0.1, -0.05) is 34.8 Å². The molecule has 11 aromatic heterocycles. The molecule has 0 aromatic carbocycles. The van der Waals surface area contributed by atoms with Gasteiger partial charge in [0.2, 0.25) is 22.5 Å². The number of halogens is 5. The van der Waals surface area contributed by atoms with Gasteiger partial charge in [0.25, 0.3) is 0 Å². The first-order chi connectivity index (χ1) is 54.3. The molecule has 7 aliphatic rings. The molecule has 0 amide bonds. The number of nitrogen functional groups attached to an aromatic ring is 1. The Hall–Kier alpha value is -8.24. The molecule has 3 saturated heterocycles. The summed E-state index contributed by atoms with van der Waals surface area (Å²) in [5.41, 5.74) is 13.5. The minimum Gasteiger partial charge on any atom is -0.395 e. The number of anilines is 9. The average Bonchev–Trinajstić information content (AvgIpc) is 1.09. The Morgan fingerprint density at radius 1 is 0.442 bits per heavy atom. The van der Waals surface area contributed by atoms with Crippen LogP contribution >= 0.6 is 58.0 Å². The summed E-state index contributed by atoms with van der Waals surface area (Å²) in [4.78, 5) is 64.4. The Bertz CT molecular complexity index is 5000. The summed E-state index contributed by atoms with van der Waals surface area (Å²) < 4.78 is 29.1. The largest absolute Gasteiger partial charge is 0.395 e. The van der Waals surface area contributed by atoms with Crippen LogP contribution in [0, 0.1) is 23.7 Å². The van der Waals surface area contributed by atoms with Crippen molar-refractivity contribution < 1.29 is 14.2 Å². The predicted octanol–water partition coefficient (Wildman–Crippen LogP) is 17.2. The SMILES string of the molecule is CC(C)n1cc(N)c(Cl)n1.CC(C1CC1)N(C)c1nc(Cl)nc2c1ncn2C1CCCCO1.CC(C1CC1)N(C)c1nc(Nc2cn(C(C)C)nc2Cl)nc2c1ncn2C1CCCCO1.CC(C1CC1)N(C)c1nc(Nc2cn(C(C)C)nc2Cl)nc2nc[nH]c12.CC(Nc1nc(Cl)nc2c1ncn2C1CCCCO1)C1CC1. The quantitative estimate of drug-likeness (QED) is 0.0394. The van der Waals surface area contributed by atoms with Crippen LogP contribution in [0.3, 0.4) is 0 Å². The summed E-state index contributed by atoms with van der Waals surface area (Å²) in [7, 11) is 6.23. The number of hydrogen-bond donors (Lipinski definition) is 5. The average molecular weight is 1650 g/mol. The number of aromatic nitrogens is 22. The lowest BCUT2D eigenvalue weighted by Gasteiger charge is -2.27. The van der Waals surface area contributed by atoms with Gasteiger partial charge in [-0.3, -0.25) is 27.7 Å². The highest BCUT2D eigenvalue weighted by atomic mass is 35.5. The molecule has 37 heteroatoms. The Kier molecular flexibility index (Phi) is 25.5. The van der Waals surface area contributed by atoms with Gasteiger partial charge in [-0.25, -0.2) is 19.9 Å². The maximum absolute atomic E-state index is 6.39.